The van der Waals surface area contributed by atoms with Gasteiger partial charge in [0.2, 0.25) is 0 Å². The minimum absolute atomic E-state index is 0.324. The standard InChI is InChI=1S/C19H16FNO2/c1-12-6-8-14(9-7-12)18-11-17(13(2)23-18)19(22)21-16-5-3-4-15(20)10-16/h3-11H,1-2H3,(H,21,22). The normalized spacial score (nSPS) is 10.6. The van der Waals surface area contributed by atoms with Crippen molar-refractivity contribution in [3.05, 3.63) is 77.3 Å². The van der Waals surface area contributed by atoms with E-state index < -0.39 is 5.82 Å². The highest BCUT2D eigenvalue weighted by molar-refractivity contribution is 6.05. The summed E-state index contributed by atoms with van der Waals surface area (Å²) < 4.78 is 18.9. The van der Waals surface area contributed by atoms with Crippen LogP contribution in [0, 0.1) is 19.7 Å². The van der Waals surface area contributed by atoms with Gasteiger partial charge in [-0.2, -0.15) is 0 Å². The lowest BCUT2D eigenvalue weighted by Gasteiger charge is -2.03. The second kappa shape index (κ2) is 6.08. The van der Waals surface area contributed by atoms with Crippen LogP contribution in [0.1, 0.15) is 21.7 Å². The van der Waals surface area contributed by atoms with E-state index in [-0.39, 0.29) is 5.91 Å². The lowest BCUT2D eigenvalue weighted by atomic mass is 10.1. The number of anilines is 1. The van der Waals surface area contributed by atoms with E-state index in [1.54, 1.807) is 25.1 Å². The monoisotopic (exact) mass is 309 g/mol. The summed E-state index contributed by atoms with van der Waals surface area (Å²) in [7, 11) is 0. The van der Waals surface area contributed by atoms with E-state index in [0.29, 0.717) is 22.8 Å². The molecule has 2 aromatic carbocycles. The molecule has 1 heterocycles. The lowest BCUT2D eigenvalue weighted by Crippen LogP contribution is -2.12. The number of rotatable bonds is 3. The zero-order chi connectivity index (χ0) is 16.4. The maximum absolute atomic E-state index is 13.2. The molecule has 0 unspecified atom stereocenters. The number of furan rings is 1. The van der Waals surface area contributed by atoms with Crippen LogP contribution >= 0.6 is 0 Å². The lowest BCUT2D eigenvalue weighted by molar-refractivity contribution is 0.102. The molecule has 4 heteroatoms. The summed E-state index contributed by atoms with van der Waals surface area (Å²) in [5.41, 5.74) is 2.90. The van der Waals surface area contributed by atoms with Gasteiger partial charge >= 0.3 is 0 Å². The number of aryl methyl sites for hydroxylation is 2. The van der Waals surface area contributed by atoms with Crippen LogP contribution in [0.25, 0.3) is 11.3 Å². The Bertz CT molecular complexity index is 850. The van der Waals surface area contributed by atoms with Gasteiger partial charge < -0.3 is 9.73 Å². The van der Waals surface area contributed by atoms with Gasteiger partial charge in [0.05, 0.1) is 5.56 Å². The molecule has 1 aromatic heterocycles. The molecule has 0 bridgehead atoms. The predicted molar refractivity (Wildman–Crippen MR) is 88.0 cm³/mol. The Hall–Kier alpha value is -2.88. The van der Waals surface area contributed by atoms with Gasteiger partial charge in [-0.1, -0.05) is 35.9 Å². The topological polar surface area (TPSA) is 42.2 Å². The van der Waals surface area contributed by atoms with Crippen LogP contribution in [-0.2, 0) is 0 Å². The molecule has 1 amide bonds. The fourth-order valence-electron chi connectivity index (χ4n) is 2.33. The molecule has 1 N–H and O–H groups in total. The Morgan fingerprint density at radius 3 is 2.48 bits per heavy atom. The summed E-state index contributed by atoms with van der Waals surface area (Å²) in [5.74, 6) is 0.434. The smallest absolute Gasteiger partial charge is 0.259 e. The third-order valence-electron chi connectivity index (χ3n) is 3.58. The summed E-state index contributed by atoms with van der Waals surface area (Å²) >= 11 is 0. The average molecular weight is 309 g/mol. The summed E-state index contributed by atoms with van der Waals surface area (Å²) in [6.45, 7) is 3.74. The number of benzene rings is 2. The highest BCUT2D eigenvalue weighted by Gasteiger charge is 2.16. The minimum Gasteiger partial charge on any atom is -0.461 e. The first kappa shape index (κ1) is 15.0. The molecule has 0 atom stereocenters. The second-order valence-corrected chi connectivity index (χ2v) is 5.41. The Labute approximate surface area is 133 Å². The molecule has 0 aliphatic rings. The number of nitrogens with one attached hydrogen (secondary N) is 1. The van der Waals surface area contributed by atoms with Crippen LogP contribution in [0.5, 0.6) is 0 Å². The number of halogens is 1. The molecule has 0 aliphatic heterocycles. The van der Waals surface area contributed by atoms with Crippen LogP contribution in [0.2, 0.25) is 0 Å². The third-order valence-corrected chi connectivity index (χ3v) is 3.58. The molecular formula is C19H16FNO2. The first-order valence-electron chi connectivity index (χ1n) is 7.27. The largest absolute Gasteiger partial charge is 0.461 e. The van der Waals surface area contributed by atoms with Gasteiger partial charge in [-0.25, -0.2) is 4.39 Å². The maximum Gasteiger partial charge on any atom is 0.259 e. The quantitative estimate of drug-likeness (QED) is 0.743. The van der Waals surface area contributed by atoms with E-state index in [0.717, 1.165) is 11.1 Å². The van der Waals surface area contributed by atoms with E-state index >= 15 is 0 Å². The fraction of sp³-hybridized carbons (Fsp3) is 0.105. The van der Waals surface area contributed by atoms with Crippen LogP contribution in [0.4, 0.5) is 10.1 Å². The van der Waals surface area contributed by atoms with E-state index in [1.165, 1.54) is 12.1 Å². The molecule has 3 aromatic rings. The summed E-state index contributed by atoms with van der Waals surface area (Å²) in [6.07, 6.45) is 0. The van der Waals surface area contributed by atoms with Crippen LogP contribution in [-0.4, -0.2) is 5.91 Å². The average Bonchev–Trinajstić information content (AvgIpc) is 2.90. The van der Waals surface area contributed by atoms with E-state index in [2.05, 4.69) is 5.32 Å². The Balaban J connectivity index is 1.85. The Morgan fingerprint density at radius 1 is 1.04 bits per heavy atom. The highest BCUT2D eigenvalue weighted by Crippen LogP contribution is 2.26. The van der Waals surface area contributed by atoms with Crippen molar-refractivity contribution in [2.45, 2.75) is 13.8 Å². The van der Waals surface area contributed by atoms with Crippen molar-refractivity contribution >= 4 is 11.6 Å². The molecule has 0 saturated heterocycles. The molecule has 23 heavy (non-hydrogen) atoms. The maximum atomic E-state index is 13.2. The third kappa shape index (κ3) is 3.31. The van der Waals surface area contributed by atoms with Gasteiger partial charge in [-0.15, -0.1) is 0 Å². The molecule has 116 valence electrons. The molecular weight excluding hydrogens is 293 g/mol. The van der Waals surface area contributed by atoms with Crippen molar-refractivity contribution in [1.82, 2.24) is 0 Å². The fourth-order valence-corrected chi connectivity index (χ4v) is 2.33. The van der Waals surface area contributed by atoms with Crippen molar-refractivity contribution < 1.29 is 13.6 Å². The predicted octanol–water partition coefficient (Wildman–Crippen LogP) is 4.95. The molecule has 3 nitrogen and oxygen atoms in total. The van der Waals surface area contributed by atoms with Gasteiger partial charge in [0, 0.05) is 11.3 Å². The zero-order valence-electron chi connectivity index (χ0n) is 12.9. The van der Waals surface area contributed by atoms with Crippen molar-refractivity contribution in [3.8, 4) is 11.3 Å². The number of carbonyl (C=O) groups excluding carboxylic acids is 1. The van der Waals surface area contributed by atoms with Gasteiger partial charge in [0.1, 0.15) is 17.3 Å². The SMILES string of the molecule is Cc1ccc(-c2cc(C(=O)Nc3cccc(F)c3)c(C)o2)cc1. The number of carbonyl (C=O) groups is 1. The van der Waals surface area contributed by atoms with Gasteiger partial charge in [-0.3, -0.25) is 4.79 Å². The molecule has 0 spiro atoms. The summed E-state index contributed by atoms with van der Waals surface area (Å²) in [4.78, 5) is 12.4. The van der Waals surface area contributed by atoms with Crippen molar-refractivity contribution in [2.75, 3.05) is 5.32 Å². The molecule has 0 radical (unpaired) electrons. The first-order valence-corrected chi connectivity index (χ1v) is 7.27. The molecule has 0 aliphatic carbocycles. The molecule has 3 rings (SSSR count). The Morgan fingerprint density at radius 2 is 1.78 bits per heavy atom. The first-order chi connectivity index (χ1) is 11.0. The number of hydrogen-bond acceptors (Lipinski definition) is 2. The van der Waals surface area contributed by atoms with E-state index in [1.807, 2.05) is 31.2 Å². The zero-order valence-corrected chi connectivity index (χ0v) is 12.9. The van der Waals surface area contributed by atoms with Crippen molar-refractivity contribution in [2.24, 2.45) is 0 Å². The summed E-state index contributed by atoms with van der Waals surface area (Å²) in [6, 6.07) is 15.3. The molecule has 0 fully saturated rings. The van der Waals surface area contributed by atoms with Crippen LogP contribution < -0.4 is 5.32 Å². The Kier molecular flexibility index (Phi) is 3.98. The van der Waals surface area contributed by atoms with Crippen molar-refractivity contribution in [1.29, 1.82) is 0 Å². The van der Waals surface area contributed by atoms with E-state index in [9.17, 15) is 9.18 Å². The number of amides is 1. The highest BCUT2D eigenvalue weighted by atomic mass is 19.1. The second-order valence-electron chi connectivity index (χ2n) is 5.41. The van der Waals surface area contributed by atoms with Crippen molar-refractivity contribution in [3.63, 3.8) is 0 Å². The van der Waals surface area contributed by atoms with Gasteiger partial charge in [0.15, 0.2) is 0 Å². The van der Waals surface area contributed by atoms with Gasteiger partial charge in [-0.05, 0) is 38.1 Å². The van der Waals surface area contributed by atoms with E-state index in [4.69, 9.17) is 4.42 Å². The summed E-state index contributed by atoms with van der Waals surface area (Å²) in [5, 5.41) is 2.67. The minimum atomic E-state index is -0.396. The van der Waals surface area contributed by atoms with Gasteiger partial charge in [0.25, 0.3) is 5.91 Å². The molecule has 0 saturated carbocycles. The van der Waals surface area contributed by atoms with Crippen LogP contribution in [0.15, 0.2) is 59.0 Å². The van der Waals surface area contributed by atoms with Crippen LogP contribution in [0.3, 0.4) is 0 Å². The number of hydrogen-bond donors (Lipinski definition) is 1.